The van der Waals surface area contributed by atoms with Crippen molar-refractivity contribution < 1.29 is 9.90 Å². The minimum absolute atomic E-state index is 0.0828. The van der Waals surface area contributed by atoms with E-state index in [1.165, 1.54) is 24.8 Å². The third-order valence-corrected chi connectivity index (χ3v) is 7.59. The first kappa shape index (κ1) is 14.0. The molecule has 0 aromatic heterocycles. The molecule has 1 unspecified atom stereocenters. The number of ketones is 1. The van der Waals surface area contributed by atoms with Crippen LogP contribution in [-0.4, -0.2) is 17.0 Å². The largest absolute Gasteiger partial charge is 0.393 e. The molecule has 3 saturated carbocycles. The molecule has 2 nitrogen and oxygen atoms in total. The summed E-state index contributed by atoms with van der Waals surface area (Å²) in [5, 5.41) is 10.5. The number of carbonyl (C=O) groups is 1. The smallest absolute Gasteiger partial charge is 0.155 e. The highest BCUT2D eigenvalue weighted by Crippen LogP contribution is 2.62. The van der Waals surface area contributed by atoms with Gasteiger partial charge in [-0.15, -0.1) is 0 Å². The van der Waals surface area contributed by atoms with Gasteiger partial charge in [-0.05, 0) is 79.6 Å². The van der Waals surface area contributed by atoms with E-state index >= 15 is 0 Å². The standard InChI is InChI=1S/C19H28O2/c1-11-9-12-10-13(20)3-4-14(12)15-7-8-19(2)16(18(11)15)5-6-17(19)21/h10-11,14-18,21H,3-9H2,1-2H3/t11-,14?,15+,16-,17-,18+,19-/m0/s1. The Kier molecular flexibility index (Phi) is 3.12. The summed E-state index contributed by atoms with van der Waals surface area (Å²) in [4.78, 5) is 11.8. The van der Waals surface area contributed by atoms with Gasteiger partial charge in [-0.3, -0.25) is 4.79 Å². The van der Waals surface area contributed by atoms with Crippen LogP contribution < -0.4 is 0 Å². The van der Waals surface area contributed by atoms with Crippen LogP contribution in [0.3, 0.4) is 0 Å². The second-order valence-corrected chi connectivity index (χ2v) is 8.50. The van der Waals surface area contributed by atoms with E-state index < -0.39 is 0 Å². The van der Waals surface area contributed by atoms with Crippen molar-refractivity contribution in [3.8, 4) is 0 Å². The first-order valence-electron chi connectivity index (χ1n) is 8.92. The van der Waals surface area contributed by atoms with Crippen molar-refractivity contribution in [1.29, 1.82) is 0 Å². The molecule has 2 heteroatoms. The molecule has 0 bridgehead atoms. The quantitative estimate of drug-likeness (QED) is 0.737. The van der Waals surface area contributed by atoms with E-state index in [2.05, 4.69) is 13.8 Å². The number of hydrogen-bond donors (Lipinski definition) is 1. The van der Waals surface area contributed by atoms with Crippen molar-refractivity contribution in [3.63, 3.8) is 0 Å². The van der Waals surface area contributed by atoms with Gasteiger partial charge in [-0.1, -0.05) is 19.4 Å². The number of rotatable bonds is 0. The lowest BCUT2D eigenvalue weighted by Crippen LogP contribution is -2.50. The molecule has 7 atom stereocenters. The molecule has 116 valence electrons. The number of aliphatic hydroxyl groups excluding tert-OH is 1. The summed E-state index contributed by atoms with van der Waals surface area (Å²) in [6, 6.07) is 0. The van der Waals surface area contributed by atoms with Crippen molar-refractivity contribution in [2.24, 2.45) is 35.0 Å². The highest BCUT2D eigenvalue weighted by Gasteiger charge is 2.57. The van der Waals surface area contributed by atoms with Crippen molar-refractivity contribution in [3.05, 3.63) is 11.6 Å². The summed E-state index contributed by atoms with van der Waals surface area (Å²) in [6.45, 7) is 4.73. The van der Waals surface area contributed by atoms with Crippen LogP contribution in [0.15, 0.2) is 11.6 Å². The van der Waals surface area contributed by atoms with Gasteiger partial charge in [0.15, 0.2) is 5.78 Å². The predicted octanol–water partition coefficient (Wildman–Crippen LogP) is 3.74. The third-order valence-electron chi connectivity index (χ3n) is 7.59. The van der Waals surface area contributed by atoms with E-state index in [1.807, 2.05) is 6.08 Å². The highest BCUT2D eigenvalue weighted by molar-refractivity contribution is 5.91. The maximum absolute atomic E-state index is 11.8. The van der Waals surface area contributed by atoms with Crippen LogP contribution in [0, 0.1) is 35.0 Å². The van der Waals surface area contributed by atoms with Crippen molar-refractivity contribution in [2.45, 2.75) is 64.9 Å². The Morgan fingerprint density at radius 1 is 1.24 bits per heavy atom. The van der Waals surface area contributed by atoms with Gasteiger partial charge in [0.05, 0.1) is 6.10 Å². The van der Waals surface area contributed by atoms with E-state index in [1.54, 1.807) is 0 Å². The zero-order chi connectivity index (χ0) is 14.8. The first-order chi connectivity index (χ1) is 10.0. The average molecular weight is 288 g/mol. The minimum Gasteiger partial charge on any atom is -0.393 e. The molecule has 4 rings (SSSR count). The van der Waals surface area contributed by atoms with Crippen LogP contribution in [0.25, 0.3) is 0 Å². The van der Waals surface area contributed by atoms with Gasteiger partial charge < -0.3 is 5.11 Å². The summed E-state index contributed by atoms with van der Waals surface area (Å²) in [5.74, 6) is 3.96. The lowest BCUT2D eigenvalue weighted by atomic mass is 9.49. The summed E-state index contributed by atoms with van der Waals surface area (Å²) in [5.41, 5.74) is 1.63. The zero-order valence-electron chi connectivity index (χ0n) is 13.3. The Bertz CT molecular complexity index is 494. The molecule has 0 spiro atoms. The molecule has 0 saturated heterocycles. The normalized spacial score (nSPS) is 52.7. The van der Waals surface area contributed by atoms with Crippen molar-refractivity contribution >= 4 is 5.78 Å². The summed E-state index contributed by atoms with van der Waals surface area (Å²) >= 11 is 0. The van der Waals surface area contributed by atoms with E-state index in [-0.39, 0.29) is 11.5 Å². The van der Waals surface area contributed by atoms with Crippen LogP contribution in [0.4, 0.5) is 0 Å². The van der Waals surface area contributed by atoms with Gasteiger partial charge in [-0.25, -0.2) is 0 Å². The van der Waals surface area contributed by atoms with Crippen LogP contribution in [0.2, 0.25) is 0 Å². The van der Waals surface area contributed by atoms with E-state index in [0.29, 0.717) is 23.5 Å². The molecule has 1 N–H and O–H groups in total. The van der Waals surface area contributed by atoms with Gasteiger partial charge in [0.2, 0.25) is 0 Å². The fraction of sp³-hybridized carbons (Fsp3) is 0.842. The number of fused-ring (bicyclic) bond motifs is 5. The molecule has 4 aliphatic rings. The number of aliphatic hydroxyl groups is 1. The minimum atomic E-state index is -0.0828. The maximum Gasteiger partial charge on any atom is 0.155 e. The number of hydrogen-bond acceptors (Lipinski definition) is 2. The molecule has 0 aliphatic heterocycles. The molecule has 0 heterocycles. The molecule has 3 fully saturated rings. The molecule has 0 radical (unpaired) electrons. The van der Waals surface area contributed by atoms with Gasteiger partial charge in [0, 0.05) is 6.42 Å². The Hall–Kier alpha value is -0.630. The van der Waals surface area contributed by atoms with E-state index in [4.69, 9.17) is 0 Å². The van der Waals surface area contributed by atoms with E-state index in [0.717, 1.165) is 37.5 Å². The highest BCUT2D eigenvalue weighted by atomic mass is 16.3. The molecule has 4 aliphatic carbocycles. The summed E-state index contributed by atoms with van der Waals surface area (Å²) in [7, 11) is 0. The fourth-order valence-electron chi connectivity index (χ4n) is 6.56. The second-order valence-electron chi connectivity index (χ2n) is 8.50. The van der Waals surface area contributed by atoms with Crippen LogP contribution in [0.5, 0.6) is 0 Å². The number of carbonyl (C=O) groups excluding carboxylic acids is 1. The van der Waals surface area contributed by atoms with Gasteiger partial charge in [0.1, 0.15) is 0 Å². The van der Waals surface area contributed by atoms with Gasteiger partial charge >= 0.3 is 0 Å². The molecular formula is C19H28O2. The maximum atomic E-state index is 11.8. The zero-order valence-corrected chi connectivity index (χ0v) is 13.3. The molecular weight excluding hydrogens is 260 g/mol. The SMILES string of the molecule is C[C@H]1CC2=CC(=O)CCC2[C@H]2CC[C@]3(C)[C@@H](O)CC[C@H]3[C@@H]21. The van der Waals surface area contributed by atoms with Crippen LogP contribution in [-0.2, 0) is 4.79 Å². The molecule has 21 heavy (non-hydrogen) atoms. The van der Waals surface area contributed by atoms with Crippen molar-refractivity contribution in [1.82, 2.24) is 0 Å². The topological polar surface area (TPSA) is 37.3 Å². The van der Waals surface area contributed by atoms with Crippen LogP contribution >= 0.6 is 0 Å². The average Bonchev–Trinajstić information content (AvgIpc) is 2.74. The number of allylic oxidation sites excluding steroid dienone is 1. The summed E-state index contributed by atoms with van der Waals surface area (Å²) < 4.78 is 0. The Balaban J connectivity index is 1.68. The van der Waals surface area contributed by atoms with Crippen molar-refractivity contribution in [2.75, 3.05) is 0 Å². The lowest BCUT2D eigenvalue weighted by molar-refractivity contribution is -0.116. The third kappa shape index (κ3) is 1.91. The Morgan fingerprint density at radius 3 is 2.86 bits per heavy atom. The Labute approximate surface area is 128 Å². The second kappa shape index (κ2) is 4.68. The molecule has 0 aromatic carbocycles. The predicted molar refractivity (Wildman–Crippen MR) is 82.6 cm³/mol. The van der Waals surface area contributed by atoms with Gasteiger partial charge in [0.25, 0.3) is 0 Å². The fourth-order valence-corrected chi connectivity index (χ4v) is 6.56. The monoisotopic (exact) mass is 288 g/mol. The van der Waals surface area contributed by atoms with Gasteiger partial charge in [-0.2, -0.15) is 0 Å². The lowest BCUT2D eigenvalue weighted by Gasteiger charge is -2.55. The summed E-state index contributed by atoms with van der Waals surface area (Å²) in [6.07, 6.45) is 9.54. The molecule has 0 amide bonds. The van der Waals surface area contributed by atoms with E-state index in [9.17, 15) is 9.90 Å². The van der Waals surface area contributed by atoms with Crippen LogP contribution in [0.1, 0.15) is 58.8 Å². The molecule has 0 aromatic rings. The first-order valence-corrected chi connectivity index (χ1v) is 8.92. The Morgan fingerprint density at radius 2 is 2.05 bits per heavy atom.